The number of carbonyl (C=O) groups excluding carboxylic acids is 3. The van der Waals surface area contributed by atoms with Crippen molar-refractivity contribution in [2.45, 2.75) is 39.2 Å². The molecule has 2 aromatic rings. The van der Waals surface area contributed by atoms with Gasteiger partial charge in [0.25, 0.3) is 11.8 Å². The third-order valence-electron chi connectivity index (χ3n) is 5.99. The van der Waals surface area contributed by atoms with Gasteiger partial charge in [-0.25, -0.2) is 4.79 Å². The standard InChI is InChI=1S/C26H31BrN2O4/c1-18(2)24(28-25(31)21-8-10-22(27)11-9-21)26(32)33-17-23(30)29-14-12-20(13-15-29)16-19-6-4-3-5-7-19/h3-11,18,20,24H,12-17H2,1-2H3,(H,28,31)/t24-/m0/s1. The van der Waals surface area contributed by atoms with Gasteiger partial charge in [0.2, 0.25) is 0 Å². The van der Waals surface area contributed by atoms with Crippen molar-refractivity contribution in [2.24, 2.45) is 11.8 Å². The number of nitrogens with one attached hydrogen (secondary N) is 1. The van der Waals surface area contributed by atoms with Crippen LogP contribution >= 0.6 is 15.9 Å². The number of ether oxygens (including phenoxy) is 1. The summed E-state index contributed by atoms with van der Waals surface area (Å²) in [4.78, 5) is 39.5. The lowest BCUT2D eigenvalue weighted by Gasteiger charge is -2.32. The summed E-state index contributed by atoms with van der Waals surface area (Å²) in [5.41, 5.74) is 1.77. The summed E-state index contributed by atoms with van der Waals surface area (Å²) in [5, 5.41) is 2.73. The van der Waals surface area contributed by atoms with Crippen molar-refractivity contribution < 1.29 is 19.1 Å². The minimum atomic E-state index is -0.828. The van der Waals surface area contributed by atoms with E-state index in [0.29, 0.717) is 24.6 Å². The molecule has 0 radical (unpaired) electrons. The molecular weight excluding hydrogens is 484 g/mol. The molecule has 0 bridgehead atoms. The first-order valence-electron chi connectivity index (χ1n) is 11.4. The molecule has 7 heteroatoms. The van der Waals surface area contributed by atoms with E-state index in [4.69, 9.17) is 4.74 Å². The van der Waals surface area contributed by atoms with Crippen molar-refractivity contribution >= 4 is 33.7 Å². The normalized spacial score (nSPS) is 15.2. The first-order valence-corrected chi connectivity index (χ1v) is 12.2. The van der Waals surface area contributed by atoms with Gasteiger partial charge in [-0.1, -0.05) is 60.1 Å². The number of esters is 1. The van der Waals surface area contributed by atoms with Gasteiger partial charge in [-0.3, -0.25) is 9.59 Å². The Labute approximate surface area is 203 Å². The van der Waals surface area contributed by atoms with Crippen LogP contribution in [0.1, 0.15) is 42.6 Å². The minimum absolute atomic E-state index is 0.180. The fourth-order valence-corrected chi connectivity index (χ4v) is 4.24. The van der Waals surface area contributed by atoms with Gasteiger partial charge in [-0.15, -0.1) is 0 Å². The predicted molar refractivity (Wildman–Crippen MR) is 131 cm³/mol. The molecule has 0 spiro atoms. The van der Waals surface area contributed by atoms with Crippen molar-refractivity contribution in [1.82, 2.24) is 10.2 Å². The highest BCUT2D eigenvalue weighted by atomic mass is 79.9. The van der Waals surface area contributed by atoms with Crippen LogP contribution in [-0.4, -0.2) is 48.4 Å². The van der Waals surface area contributed by atoms with E-state index in [2.05, 4.69) is 33.4 Å². The molecule has 0 aromatic heterocycles. The topological polar surface area (TPSA) is 75.7 Å². The molecule has 1 N–H and O–H groups in total. The van der Waals surface area contributed by atoms with Crippen LogP contribution in [-0.2, 0) is 20.7 Å². The molecule has 2 amide bonds. The van der Waals surface area contributed by atoms with Gasteiger partial charge in [-0.2, -0.15) is 0 Å². The number of likely N-dealkylation sites (tertiary alicyclic amines) is 1. The second-order valence-corrected chi connectivity index (χ2v) is 9.74. The molecule has 1 aliphatic rings. The average molecular weight is 515 g/mol. The van der Waals surface area contributed by atoms with Gasteiger partial charge in [0, 0.05) is 23.1 Å². The van der Waals surface area contributed by atoms with E-state index in [-0.39, 0.29) is 24.3 Å². The zero-order valence-electron chi connectivity index (χ0n) is 19.1. The quantitative estimate of drug-likeness (QED) is 0.534. The van der Waals surface area contributed by atoms with E-state index < -0.39 is 12.0 Å². The zero-order chi connectivity index (χ0) is 23.8. The lowest BCUT2D eigenvalue weighted by molar-refractivity contribution is -0.155. The van der Waals surface area contributed by atoms with Crippen molar-refractivity contribution in [1.29, 1.82) is 0 Å². The molecule has 0 saturated carbocycles. The molecule has 1 fully saturated rings. The number of hydrogen-bond acceptors (Lipinski definition) is 4. The van der Waals surface area contributed by atoms with Crippen LogP contribution in [0, 0.1) is 11.8 Å². The van der Waals surface area contributed by atoms with Crippen LogP contribution < -0.4 is 5.32 Å². The maximum absolute atomic E-state index is 12.6. The first kappa shape index (κ1) is 25.0. The lowest BCUT2D eigenvalue weighted by atomic mass is 9.90. The third kappa shape index (κ3) is 7.42. The Morgan fingerprint density at radius 1 is 1.03 bits per heavy atom. The highest BCUT2D eigenvalue weighted by Gasteiger charge is 2.28. The Morgan fingerprint density at radius 3 is 2.27 bits per heavy atom. The van der Waals surface area contributed by atoms with E-state index in [9.17, 15) is 14.4 Å². The number of halogens is 1. The lowest BCUT2D eigenvalue weighted by Crippen LogP contribution is -2.47. The van der Waals surface area contributed by atoms with E-state index in [1.165, 1.54) is 5.56 Å². The van der Waals surface area contributed by atoms with E-state index in [1.54, 1.807) is 29.2 Å². The van der Waals surface area contributed by atoms with E-state index in [0.717, 1.165) is 23.7 Å². The van der Waals surface area contributed by atoms with Crippen LogP contribution in [0.25, 0.3) is 0 Å². The summed E-state index contributed by atoms with van der Waals surface area (Å²) in [6.07, 6.45) is 2.89. The molecule has 1 aliphatic heterocycles. The molecule has 6 nitrogen and oxygen atoms in total. The van der Waals surface area contributed by atoms with Crippen molar-refractivity contribution in [2.75, 3.05) is 19.7 Å². The van der Waals surface area contributed by atoms with Crippen LogP contribution in [0.5, 0.6) is 0 Å². The molecule has 1 atom stereocenters. The smallest absolute Gasteiger partial charge is 0.329 e. The number of nitrogens with zero attached hydrogens (tertiary/aromatic N) is 1. The van der Waals surface area contributed by atoms with Crippen LogP contribution in [0.15, 0.2) is 59.1 Å². The zero-order valence-corrected chi connectivity index (χ0v) is 20.7. The molecule has 1 saturated heterocycles. The highest BCUT2D eigenvalue weighted by molar-refractivity contribution is 9.10. The molecule has 0 unspecified atom stereocenters. The van der Waals surface area contributed by atoms with Gasteiger partial charge in [0.15, 0.2) is 6.61 Å². The average Bonchev–Trinajstić information content (AvgIpc) is 2.82. The summed E-state index contributed by atoms with van der Waals surface area (Å²) >= 11 is 3.33. The molecule has 3 rings (SSSR count). The SMILES string of the molecule is CC(C)[C@H](NC(=O)c1ccc(Br)cc1)C(=O)OCC(=O)N1CCC(Cc2ccccc2)CC1. The van der Waals surface area contributed by atoms with Crippen LogP contribution in [0.2, 0.25) is 0 Å². The number of hydrogen-bond donors (Lipinski definition) is 1. The number of carbonyl (C=O) groups is 3. The molecule has 0 aliphatic carbocycles. The minimum Gasteiger partial charge on any atom is -0.454 e. The monoisotopic (exact) mass is 514 g/mol. The van der Waals surface area contributed by atoms with Gasteiger partial charge in [0.05, 0.1) is 0 Å². The summed E-state index contributed by atoms with van der Waals surface area (Å²) in [7, 11) is 0. The van der Waals surface area contributed by atoms with Crippen molar-refractivity contribution in [3.8, 4) is 0 Å². The molecule has 2 aromatic carbocycles. The number of piperidine rings is 1. The fourth-order valence-electron chi connectivity index (χ4n) is 3.97. The van der Waals surface area contributed by atoms with E-state index in [1.807, 2.05) is 32.0 Å². The Bertz CT molecular complexity index is 939. The maximum Gasteiger partial charge on any atom is 0.329 e. The Hall–Kier alpha value is -2.67. The van der Waals surface area contributed by atoms with E-state index >= 15 is 0 Å². The Morgan fingerprint density at radius 2 is 1.67 bits per heavy atom. The van der Waals surface area contributed by atoms with Gasteiger partial charge in [-0.05, 0) is 60.9 Å². The summed E-state index contributed by atoms with van der Waals surface area (Å²) in [6, 6.07) is 16.4. The highest BCUT2D eigenvalue weighted by Crippen LogP contribution is 2.22. The molecule has 1 heterocycles. The Balaban J connectivity index is 1.45. The van der Waals surface area contributed by atoms with Gasteiger partial charge < -0.3 is 15.0 Å². The van der Waals surface area contributed by atoms with Gasteiger partial charge >= 0.3 is 5.97 Å². The molecule has 33 heavy (non-hydrogen) atoms. The molecule has 176 valence electrons. The largest absolute Gasteiger partial charge is 0.454 e. The number of benzene rings is 2. The second kappa shape index (κ2) is 12.0. The maximum atomic E-state index is 12.6. The molecular formula is C26H31BrN2O4. The summed E-state index contributed by atoms with van der Waals surface area (Å²) in [5.74, 6) is -0.769. The van der Waals surface area contributed by atoms with Crippen molar-refractivity contribution in [3.63, 3.8) is 0 Å². The van der Waals surface area contributed by atoms with Crippen LogP contribution in [0.4, 0.5) is 0 Å². The summed E-state index contributed by atoms with van der Waals surface area (Å²) < 4.78 is 6.17. The summed E-state index contributed by atoms with van der Waals surface area (Å²) in [6.45, 7) is 4.68. The van der Waals surface area contributed by atoms with Gasteiger partial charge in [0.1, 0.15) is 6.04 Å². The number of rotatable bonds is 8. The fraction of sp³-hybridized carbons (Fsp3) is 0.423. The van der Waals surface area contributed by atoms with Crippen LogP contribution in [0.3, 0.4) is 0 Å². The second-order valence-electron chi connectivity index (χ2n) is 8.82. The van der Waals surface area contributed by atoms with Crippen molar-refractivity contribution in [3.05, 3.63) is 70.2 Å². The third-order valence-corrected chi connectivity index (χ3v) is 6.51. The predicted octanol–water partition coefficient (Wildman–Crippen LogP) is 4.23. The Kier molecular flexibility index (Phi) is 9.06. The number of amides is 2. The first-order chi connectivity index (χ1) is 15.8.